The van der Waals surface area contributed by atoms with Gasteiger partial charge in [-0.05, 0) is 56.3 Å². The molecule has 2 aromatic rings. The summed E-state index contributed by atoms with van der Waals surface area (Å²) in [4.78, 5) is 14.9. The molecule has 4 heterocycles. The molecule has 6 rings (SSSR count). The number of nitrogens with one attached hydrogen (secondary N) is 1. The van der Waals surface area contributed by atoms with Crippen molar-refractivity contribution in [1.29, 1.82) is 0 Å². The minimum Gasteiger partial charge on any atom is -0.484 e. The largest absolute Gasteiger partial charge is 0.484 e. The number of rotatable bonds is 7. The molecule has 1 aliphatic carbocycles. The zero-order valence-corrected chi connectivity index (χ0v) is 19.2. The van der Waals surface area contributed by atoms with Crippen molar-refractivity contribution in [3.8, 4) is 5.75 Å². The predicted octanol–water partition coefficient (Wildman–Crippen LogP) is 3.84. The molecule has 3 saturated heterocycles. The molecule has 0 radical (unpaired) electrons. The van der Waals surface area contributed by atoms with E-state index in [1.54, 1.807) is 0 Å². The Balaban J connectivity index is 1.15. The number of para-hydroxylation sites is 1. The maximum atomic E-state index is 12.3. The molecule has 1 N–H and O–H groups in total. The van der Waals surface area contributed by atoms with Crippen molar-refractivity contribution < 1.29 is 9.53 Å². The Kier molecular flexibility index (Phi) is 6.49. The van der Waals surface area contributed by atoms with Gasteiger partial charge < -0.3 is 10.1 Å². The van der Waals surface area contributed by atoms with Crippen molar-refractivity contribution in [3.05, 3.63) is 47.8 Å². The molecule has 4 atom stereocenters. The number of carbonyl (C=O) groups is 1. The van der Waals surface area contributed by atoms with E-state index in [-0.39, 0.29) is 12.5 Å². The number of hydrogen-bond acceptors (Lipinski definition) is 4. The van der Waals surface area contributed by atoms with Crippen LogP contribution in [0.15, 0.2) is 36.4 Å². The van der Waals surface area contributed by atoms with E-state index < -0.39 is 0 Å². The van der Waals surface area contributed by atoms with Gasteiger partial charge in [-0.15, -0.1) is 0 Å². The van der Waals surface area contributed by atoms with Gasteiger partial charge in [-0.1, -0.05) is 37.5 Å². The molecular formula is C26H36N4O2. The number of aromatic nitrogens is 2. The molecule has 32 heavy (non-hydrogen) atoms. The maximum absolute atomic E-state index is 12.3. The fourth-order valence-electron chi connectivity index (χ4n) is 6.08. The first-order valence-electron chi connectivity index (χ1n) is 12.4. The van der Waals surface area contributed by atoms with Gasteiger partial charge in [0.05, 0.1) is 5.69 Å². The second-order valence-corrected chi connectivity index (χ2v) is 9.90. The molecule has 4 aliphatic rings. The van der Waals surface area contributed by atoms with Crippen LogP contribution in [-0.2, 0) is 11.8 Å². The van der Waals surface area contributed by atoms with Gasteiger partial charge in [0.1, 0.15) is 5.75 Å². The highest BCUT2D eigenvalue weighted by Gasteiger charge is 2.42. The summed E-state index contributed by atoms with van der Waals surface area (Å²) in [6, 6.07) is 12.4. The van der Waals surface area contributed by atoms with Crippen LogP contribution in [0.2, 0.25) is 0 Å². The minimum atomic E-state index is -0.0446. The van der Waals surface area contributed by atoms with Crippen molar-refractivity contribution in [2.24, 2.45) is 13.0 Å². The first-order chi connectivity index (χ1) is 15.7. The molecule has 1 amide bonds. The number of benzene rings is 1. The Morgan fingerprint density at radius 2 is 1.97 bits per heavy atom. The number of amides is 1. The third kappa shape index (κ3) is 4.70. The summed E-state index contributed by atoms with van der Waals surface area (Å²) >= 11 is 0. The number of hydrogen-bond donors (Lipinski definition) is 1. The van der Waals surface area contributed by atoms with Crippen LogP contribution in [-0.4, -0.2) is 52.9 Å². The zero-order valence-electron chi connectivity index (χ0n) is 19.2. The topological polar surface area (TPSA) is 59.4 Å². The first-order valence-corrected chi connectivity index (χ1v) is 12.4. The number of aryl methyl sites for hydroxylation is 1. The fourth-order valence-corrected chi connectivity index (χ4v) is 6.08. The Bertz CT molecular complexity index is 906. The minimum absolute atomic E-state index is 0.0446. The van der Waals surface area contributed by atoms with Crippen LogP contribution in [0, 0.1) is 5.92 Å². The van der Waals surface area contributed by atoms with Crippen LogP contribution >= 0.6 is 0 Å². The highest BCUT2D eigenvalue weighted by molar-refractivity contribution is 5.77. The molecule has 172 valence electrons. The van der Waals surface area contributed by atoms with Crippen LogP contribution in [0.1, 0.15) is 68.2 Å². The first kappa shape index (κ1) is 21.5. The van der Waals surface area contributed by atoms with Gasteiger partial charge in [-0.2, -0.15) is 5.10 Å². The van der Waals surface area contributed by atoms with Gasteiger partial charge in [0.2, 0.25) is 0 Å². The highest BCUT2D eigenvalue weighted by atomic mass is 16.5. The molecule has 1 aromatic carbocycles. The fraction of sp³-hybridized carbons (Fsp3) is 0.615. The number of fused-ring (bicyclic) bond motifs is 3. The summed E-state index contributed by atoms with van der Waals surface area (Å²) in [7, 11) is 2.13. The molecule has 2 bridgehead atoms. The highest BCUT2D eigenvalue weighted by Crippen LogP contribution is 2.42. The lowest BCUT2D eigenvalue weighted by Crippen LogP contribution is -2.56. The van der Waals surface area contributed by atoms with E-state index in [1.165, 1.54) is 49.9 Å². The second kappa shape index (κ2) is 9.65. The molecule has 4 fully saturated rings. The average Bonchev–Trinajstić information content (AvgIpc) is 3.24. The molecule has 0 spiro atoms. The second-order valence-electron chi connectivity index (χ2n) is 9.90. The average molecular weight is 437 g/mol. The van der Waals surface area contributed by atoms with Gasteiger partial charge in [0.15, 0.2) is 6.61 Å². The molecule has 6 nitrogen and oxygen atoms in total. The zero-order chi connectivity index (χ0) is 21.9. The maximum Gasteiger partial charge on any atom is 0.257 e. The SMILES string of the molecule is Cn1nc(C2CCCCC2)cc1[C@@H]1CN2CC[C@H]1C[C@@H]2CNC(=O)COc1ccccc1. The third-order valence-electron chi connectivity index (χ3n) is 7.86. The van der Waals surface area contributed by atoms with Gasteiger partial charge in [0, 0.05) is 43.7 Å². The van der Waals surface area contributed by atoms with E-state index in [9.17, 15) is 4.79 Å². The van der Waals surface area contributed by atoms with E-state index in [1.807, 2.05) is 30.3 Å². The van der Waals surface area contributed by atoms with Crippen molar-refractivity contribution >= 4 is 5.91 Å². The Morgan fingerprint density at radius 3 is 2.72 bits per heavy atom. The predicted molar refractivity (Wildman–Crippen MR) is 125 cm³/mol. The molecular weight excluding hydrogens is 400 g/mol. The summed E-state index contributed by atoms with van der Waals surface area (Å²) in [6.45, 7) is 2.99. The van der Waals surface area contributed by atoms with Crippen LogP contribution in [0.25, 0.3) is 0 Å². The quantitative estimate of drug-likeness (QED) is 0.716. The van der Waals surface area contributed by atoms with E-state index in [4.69, 9.17) is 9.84 Å². The van der Waals surface area contributed by atoms with Crippen molar-refractivity contribution in [2.75, 3.05) is 26.2 Å². The number of piperidine rings is 3. The lowest BCUT2D eigenvalue weighted by Gasteiger charge is -2.50. The smallest absolute Gasteiger partial charge is 0.257 e. The van der Waals surface area contributed by atoms with Crippen molar-refractivity contribution in [3.63, 3.8) is 0 Å². The van der Waals surface area contributed by atoms with Crippen molar-refractivity contribution in [2.45, 2.75) is 62.8 Å². The van der Waals surface area contributed by atoms with Gasteiger partial charge in [-0.3, -0.25) is 14.4 Å². The standard InChI is InChI=1S/C26H36N4O2/c1-29-25(15-24(28-29)19-8-4-2-5-9-19)23-17-30-13-12-20(23)14-21(30)16-27-26(31)18-32-22-10-6-3-7-11-22/h3,6-7,10-11,15,19-21,23H,2,4-5,8-9,12-14,16-18H2,1H3,(H,27,31)/t20-,21+,23+/m0/s1. The Labute approximate surface area is 191 Å². The van der Waals surface area contributed by atoms with Crippen LogP contribution in [0.5, 0.6) is 5.75 Å². The van der Waals surface area contributed by atoms with Crippen LogP contribution in [0.3, 0.4) is 0 Å². The summed E-state index contributed by atoms with van der Waals surface area (Å²) < 4.78 is 7.74. The number of nitrogens with zero attached hydrogens (tertiary/aromatic N) is 3. The lowest BCUT2D eigenvalue weighted by molar-refractivity contribution is -0.123. The summed E-state index contributed by atoms with van der Waals surface area (Å²) in [5.74, 6) is 2.58. The summed E-state index contributed by atoms with van der Waals surface area (Å²) in [5.41, 5.74) is 2.74. The van der Waals surface area contributed by atoms with Gasteiger partial charge >= 0.3 is 0 Å². The monoisotopic (exact) mass is 436 g/mol. The van der Waals surface area contributed by atoms with Crippen LogP contribution in [0.4, 0.5) is 0 Å². The van der Waals surface area contributed by atoms with Gasteiger partial charge in [-0.25, -0.2) is 0 Å². The summed E-state index contributed by atoms with van der Waals surface area (Å²) in [5, 5.41) is 8.04. The molecule has 3 aliphatic heterocycles. The van der Waals surface area contributed by atoms with Crippen LogP contribution < -0.4 is 10.1 Å². The van der Waals surface area contributed by atoms with Gasteiger partial charge in [0.25, 0.3) is 5.91 Å². The summed E-state index contributed by atoms with van der Waals surface area (Å²) in [6.07, 6.45) is 9.07. The van der Waals surface area contributed by atoms with E-state index in [2.05, 4.69) is 28.0 Å². The Hall–Kier alpha value is -2.34. The number of ether oxygens (including phenoxy) is 1. The van der Waals surface area contributed by atoms with E-state index >= 15 is 0 Å². The molecule has 6 heteroatoms. The molecule has 1 saturated carbocycles. The van der Waals surface area contributed by atoms with Crippen molar-refractivity contribution in [1.82, 2.24) is 20.0 Å². The lowest BCUT2D eigenvalue weighted by atomic mass is 9.74. The molecule has 1 unspecified atom stereocenters. The van der Waals surface area contributed by atoms with E-state index in [0.717, 1.165) is 25.3 Å². The molecule has 1 aromatic heterocycles. The Morgan fingerprint density at radius 1 is 1.16 bits per heavy atom. The normalized spacial score (nSPS) is 27.9. The van der Waals surface area contributed by atoms with E-state index in [0.29, 0.717) is 30.3 Å². The third-order valence-corrected chi connectivity index (χ3v) is 7.86. The number of carbonyl (C=O) groups excluding carboxylic acids is 1.